The molecule has 0 fully saturated rings. The van der Waals surface area contributed by atoms with Crippen molar-refractivity contribution in [2.45, 2.75) is 37.9 Å². The molecule has 2 atom stereocenters. The predicted molar refractivity (Wildman–Crippen MR) is 71.0 cm³/mol. The Morgan fingerprint density at radius 1 is 0.536 bits per heavy atom. The number of hydrogen-bond acceptors (Lipinski definition) is 10. The molecule has 14 nitrogen and oxygen atoms in total. The Hall–Kier alpha value is -1.26. The van der Waals surface area contributed by atoms with Gasteiger partial charge in [0.1, 0.15) is 12.2 Å². The van der Waals surface area contributed by atoms with Crippen LogP contribution in [0.3, 0.4) is 0 Å². The van der Waals surface area contributed by atoms with Crippen molar-refractivity contribution >= 4 is 35.8 Å². The Labute approximate surface area is 201 Å². The van der Waals surface area contributed by atoms with Crippen LogP contribution in [0, 0.1) is 0 Å². The van der Waals surface area contributed by atoms with Crippen LogP contribution in [-0.2, 0) is 28.8 Å². The molecule has 0 aliphatic carbocycles. The molecule has 0 aliphatic heterocycles. The summed E-state index contributed by atoms with van der Waals surface area (Å²) in [4.78, 5) is 57.8. The summed E-state index contributed by atoms with van der Waals surface area (Å²) in [6, 6.07) is 0. The number of carboxylic acid groups (broad SMARTS) is 6. The van der Waals surface area contributed by atoms with Gasteiger partial charge in [-0.05, 0) is 0 Å². The smallest absolute Gasteiger partial charge is 0.547 e. The largest absolute Gasteiger partial charge is 1.00 e. The van der Waals surface area contributed by atoms with Gasteiger partial charge in [0, 0.05) is 0 Å². The average molecular weight is 430 g/mol. The Kier molecular flexibility index (Phi) is 29.5. The van der Waals surface area contributed by atoms with Crippen LogP contribution in [0.5, 0.6) is 0 Å². The molecule has 28 heavy (non-hydrogen) atoms. The number of carboxylic acids is 6. The van der Waals surface area contributed by atoms with Gasteiger partial charge in [0.25, 0.3) is 0 Å². The summed E-state index contributed by atoms with van der Waals surface area (Å²) in [5.74, 6) is -8.42. The van der Waals surface area contributed by atoms with Crippen LogP contribution in [0.4, 0.5) is 0 Å². The van der Waals surface area contributed by atoms with Gasteiger partial charge in [-0.15, -0.1) is 0 Å². The summed E-state index contributed by atoms with van der Waals surface area (Å²) in [6.45, 7) is 0. The van der Waals surface area contributed by atoms with E-state index in [1.807, 2.05) is 0 Å². The van der Waals surface area contributed by atoms with Gasteiger partial charge >= 0.3 is 83.0 Å². The van der Waals surface area contributed by atoms with Crippen molar-refractivity contribution < 1.29 is 129 Å². The van der Waals surface area contributed by atoms with Gasteiger partial charge in [0.05, 0.1) is 37.6 Å². The SMILES string of the molecule is O=C(O)CCC(=O)O.O=C(O)CCC(=O)O.O=C([O-])C(O)C(O)C(=O)[O-].[Na+].[Na+]. The fraction of sp³-hybridized carbons (Fsp3) is 0.500. The van der Waals surface area contributed by atoms with Gasteiger partial charge in [-0.25, -0.2) is 0 Å². The summed E-state index contributed by atoms with van der Waals surface area (Å²) < 4.78 is 0. The van der Waals surface area contributed by atoms with Gasteiger partial charge in [-0.3, -0.25) is 19.2 Å². The van der Waals surface area contributed by atoms with E-state index in [0.717, 1.165) is 0 Å². The van der Waals surface area contributed by atoms with Crippen molar-refractivity contribution in [3.8, 4) is 0 Å². The average Bonchev–Trinajstić information content (AvgIpc) is 2.50. The maximum atomic E-state index is 9.64. The number of carbonyl (C=O) groups excluding carboxylic acids is 2. The molecule has 150 valence electrons. The molecule has 0 rings (SSSR count). The molecule has 0 aromatic carbocycles. The number of aliphatic hydroxyl groups excluding tert-OH is 2. The molecule has 0 radical (unpaired) electrons. The van der Waals surface area contributed by atoms with E-state index in [4.69, 9.17) is 30.6 Å². The Bertz CT molecular complexity index is 446. The van der Waals surface area contributed by atoms with Gasteiger partial charge in [-0.2, -0.15) is 0 Å². The number of carbonyl (C=O) groups is 6. The first-order chi connectivity index (χ1) is 11.7. The van der Waals surface area contributed by atoms with Crippen LogP contribution in [0.15, 0.2) is 0 Å². The van der Waals surface area contributed by atoms with Crippen molar-refractivity contribution in [1.29, 1.82) is 0 Å². The summed E-state index contributed by atoms with van der Waals surface area (Å²) in [5.41, 5.74) is 0. The van der Waals surface area contributed by atoms with Crippen LogP contribution < -0.4 is 69.3 Å². The van der Waals surface area contributed by atoms with Gasteiger partial charge < -0.3 is 50.4 Å². The van der Waals surface area contributed by atoms with E-state index in [1.165, 1.54) is 0 Å². The first-order valence-corrected chi connectivity index (χ1v) is 6.37. The summed E-state index contributed by atoms with van der Waals surface area (Å²) >= 11 is 0. The number of rotatable bonds is 9. The van der Waals surface area contributed by atoms with Crippen molar-refractivity contribution in [2.75, 3.05) is 0 Å². The zero-order valence-electron chi connectivity index (χ0n) is 14.9. The third-order valence-electron chi connectivity index (χ3n) is 1.89. The van der Waals surface area contributed by atoms with Crippen molar-refractivity contribution in [1.82, 2.24) is 0 Å². The molecule has 0 aromatic heterocycles. The second-order valence-electron chi connectivity index (χ2n) is 4.10. The van der Waals surface area contributed by atoms with E-state index < -0.39 is 48.0 Å². The van der Waals surface area contributed by atoms with Gasteiger partial charge in [0.2, 0.25) is 0 Å². The van der Waals surface area contributed by atoms with E-state index in [0.29, 0.717) is 0 Å². The number of aliphatic carboxylic acids is 6. The van der Waals surface area contributed by atoms with Crippen molar-refractivity contribution in [3.05, 3.63) is 0 Å². The molecule has 0 aromatic rings. The number of aliphatic hydroxyl groups is 2. The molecular formula is C12H16Na2O14. The Morgan fingerprint density at radius 3 is 0.750 bits per heavy atom. The molecule has 0 spiro atoms. The first-order valence-electron chi connectivity index (χ1n) is 6.37. The van der Waals surface area contributed by atoms with Crippen LogP contribution in [-0.4, -0.2) is 78.7 Å². The molecule has 0 amide bonds. The normalized spacial score (nSPS) is 10.5. The topological polar surface area (TPSA) is 270 Å². The fourth-order valence-corrected chi connectivity index (χ4v) is 0.686. The molecule has 0 bridgehead atoms. The van der Waals surface area contributed by atoms with Crippen LogP contribution >= 0.6 is 0 Å². The molecule has 16 heteroatoms. The summed E-state index contributed by atoms with van der Waals surface area (Å²) in [7, 11) is 0. The molecule has 0 aliphatic rings. The zero-order chi connectivity index (χ0) is 21.4. The minimum absolute atomic E-state index is 0. The minimum Gasteiger partial charge on any atom is -0.547 e. The van der Waals surface area contributed by atoms with E-state index in [2.05, 4.69) is 0 Å². The van der Waals surface area contributed by atoms with Crippen LogP contribution in [0.2, 0.25) is 0 Å². The standard InChI is InChI=1S/C4H6O6.2C4H6O4.2Na/c5-1(3(7)8)2(6)4(9)10;2*5-3(6)1-2-4(7)8;;/h1-2,5-6H,(H,7,8)(H,9,10);2*1-2H2,(H,5,6)(H,7,8);;/q;;;2*+1/p-2. The third kappa shape index (κ3) is 32.4. The van der Waals surface area contributed by atoms with E-state index in [-0.39, 0.29) is 84.8 Å². The zero-order valence-corrected chi connectivity index (χ0v) is 18.9. The predicted octanol–water partition coefficient (Wildman–Crippen LogP) is -10.9. The quantitative estimate of drug-likeness (QED) is 0.185. The molecule has 0 heterocycles. The van der Waals surface area contributed by atoms with Gasteiger partial charge in [-0.1, -0.05) is 0 Å². The van der Waals surface area contributed by atoms with E-state index in [9.17, 15) is 39.0 Å². The fourth-order valence-electron chi connectivity index (χ4n) is 0.686. The van der Waals surface area contributed by atoms with Crippen LogP contribution in [0.25, 0.3) is 0 Å². The van der Waals surface area contributed by atoms with Crippen LogP contribution in [0.1, 0.15) is 25.7 Å². The van der Waals surface area contributed by atoms with E-state index in [1.54, 1.807) is 0 Å². The molecule has 2 unspecified atom stereocenters. The molecule has 0 saturated carbocycles. The second-order valence-corrected chi connectivity index (χ2v) is 4.10. The monoisotopic (exact) mass is 430 g/mol. The Balaban J connectivity index is -0.0000000920. The minimum atomic E-state index is -2.44. The second kappa shape index (κ2) is 22.0. The molecule has 6 N–H and O–H groups in total. The summed E-state index contributed by atoms with van der Waals surface area (Å²) in [6.07, 6.45) is -6.06. The third-order valence-corrected chi connectivity index (χ3v) is 1.89. The first kappa shape index (κ1) is 37.5. The van der Waals surface area contributed by atoms with E-state index >= 15 is 0 Å². The van der Waals surface area contributed by atoms with Crippen molar-refractivity contribution in [3.63, 3.8) is 0 Å². The van der Waals surface area contributed by atoms with Crippen molar-refractivity contribution in [2.24, 2.45) is 0 Å². The summed E-state index contributed by atoms with van der Waals surface area (Å²) in [5, 5.41) is 67.3. The van der Waals surface area contributed by atoms with Gasteiger partial charge in [0.15, 0.2) is 0 Å². The maximum Gasteiger partial charge on any atom is 1.00 e. The molecular weight excluding hydrogens is 414 g/mol. The molecule has 0 saturated heterocycles. The maximum absolute atomic E-state index is 9.64. The number of hydrogen-bond donors (Lipinski definition) is 6. The Morgan fingerprint density at radius 2 is 0.679 bits per heavy atom.